The van der Waals surface area contributed by atoms with Gasteiger partial charge < -0.3 is 0 Å². The first-order valence-corrected chi connectivity index (χ1v) is 7.60. The number of aryl methyl sites for hydroxylation is 2. The summed E-state index contributed by atoms with van der Waals surface area (Å²) in [6, 6.07) is 7.62. The van der Waals surface area contributed by atoms with Crippen molar-refractivity contribution in [3.05, 3.63) is 34.9 Å². The predicted octanol–water partition coefficient (Wildman–Crippen LogP) is 4.29. The Morgan fingerprint density at radius 1 is 1.28 bits per heavy atom. The molecule has 0 amide bonds. The van der Waals surface area contributed by atoms with Crippen molar-refractivity contribution in [2.45, 2.75) is 52.1 Å². The molecule has 0 aliphatic carbocycles. The number of likely N-dealkylation sites (tertiary alicyclic amines) is 1. The van der Waals surface area contributed by atoms with Crippen LogP contribution in [0.1, 0.15) is 42.4 Å². The molecule has 1 nitrogen and oxygen atoms in total. The number of halogens is 1. The fraction of sp³-hybridized carbons (Fsp3) is 0.625. The van der Waals surface area contributed by atoms with Gasteiger partial charge in [0, 0.05) is 18.5 Å². The highest BCUT2D eigenvalue weighted by Crippen LogP contribution is 2.24. The van der Waals surface area contributed by atoms with E-state index in [0.29, 0.717) is 0 Å². The Bertz CT molecular complexity index is 389. The highest BCUT2D eigenvalue weighted by molar-refractivity contribution is 6.17. The lowest BCUT2D eigenvalue weighted by Gasteiger charge is -2.24. The van der Waals surface area contributed by atoms with Gasteiger partial charge in [-0.1, -0.05) is 18.2 Å². The maximum absolute atomic E-state index is 5.81. The van der Waals surface area contributed by atoms with E-state index < -0.39 is 0 Å². The molecule has 1 aromatic carbocycles. The second-order valence-corrected chi connectivity index (χ2v) is 5.89. The lowest BCUT2D eigenvalue weighted by atomic mass is 10.1. The first-order chi connectivity index (χ1) is 8.70. The van der Waals surface area contributed by atoms with Gasteiger partial charge in [0.15, 0.2) is 0 Å². The quantitative estimate of drug-likeness (QED) is 0.718. The number of hydrogen-bond donors (Lipinski definition) is 0. The third kappa shape index (κ3) is 3.49. The number of rotatable bonds is 5. The summed E-state index contributed by atoms with van der Waals surface area (Å²) in [6.07, 6.45) is 5.10. The Hall–Kier alpha value is -0.530. The molecule has 0 bridgehead atoms. The summed E-state index contributed by atoms with van der Waals surface area (Å²) in [7, 11) is 0. The minimum Gasteiger partial charge on any atom is -0.296 e. The van der Waals surface area contributed by atoms with Crippen molar-refractivity contribution in [1.82, 2.24) is 4.90 Å². The van der Waals surface area contributed by atoms with Gasteiger partial charge in [0.2, 0.25) is 0 Å². The Balaban J connectivity index is 1.96. The van der Waals surface area contributed by atoms with Crippen molar-refractivity contribution >= 4 is 11.6 Å². The van der Waals surface area contributed by atoms with Gasteiger partial charge in [0.05, 0.1) is 0 Å². The monoisotopic (exact) mass is 265 g/mol. The van der Waals surface area contributed by atoms with Gasteiger partial charge in [-0.05, 0) is 62.8 Å². The summed E-state index contributed by atoms with van der Waals surface area (Å²) in [5.74, 6) is 0.800. The molecule has 1 atom stereocenters. The van der Waals surface area contributed by atoms with Crippen LogP contribution >= 0.6 is 11.6 Å². The minimum absolute atomic E-state index is 0.755. The zero-order valence-electron chi connectivity index (χ0n) is 11.6. The topological polar surface area (TPSA) is 3.24 Å². The smallest absolute Gasteiger partial charge is 0.0236 e. The molecule has 2 rings (SSSR count). The molecular weight excluding hydrogens is 242 g/mol. The Kier molecular flexibility index (Phi) is 5.08. The predicted molar refractivity (Wildman–Crippen MR) is 79.3 cm³/mol. The standard InChI is InChI=1S/C16H24ClN/c1-13-7-8-15(11-14(13)2)12-18-10-4-6-16(18)5-3-9-17/h7-8,11,16H,3-6,9-10,12H2,1-2H3. The second-order valence-electron chi connectivity index (χ2n) is 5.52. The van der Waals surface area contributed by atoms with E-state index in [4.69, 9.17) is 11.6 Å². The SMILES string of the molecule is Cc1ccc(CN2CCCC2CCCCl)cc1C. The fourth-order valence-electron chi connectivity index (χ4n) is 2.88. The van der Waals surface area contributed by atoms with Crippen LogP contribution < -0.4 is 0 Å². The van der Waals surface area contributed by atoms with E-state index in [1.165, 1.54) is 42.5 Å². The number of alkyl halides is 1. The summed E-state index contributed by atoms with van der Waals surface area (Å²) in [4.78, 5) is 2.64. The molecule has 0 aromatic heterocycles. The van der Waals surface area contributed by atoms with Crippen LogP contribution in [-0.2, 0) is 6.54 Å². The van der Waals surface area contributed by atoms with Crippen LogP contribution in [0.5, 0.6) is 0 Å². The second kappa shape index (κ2) is 6.58. The van der Waals surface area contributed by atoms with Gasteiger partial charge in [0.25, 0.3) is 0 Å². The van der Waals surface area contributed by atoms with Crippen molar-refractivity contribution in [1.29, 1.82) is 0 Å². The molecule has 1 unspecified atom stereocenters. The maximum atomic E-state index is 5.81. The lowest BCUT2D eigenvalue weighted by Crippen LogP contribution is -2.28. The lowest BCUT2D eigenvalue weighted by molar-refractivity contribution is 0.233. The highest BCUT2D eigenvalue weighted by Gasteiger charge is 2.23. The molecular formula is C16H24ClN. The molecule has 0 N–H and O–H groups in total. The molecule has 0 saturated carbocycles. The van der Waals surface area contributed by atoms with Gasteiger partial charge >= 0.3 is 0 Å². The summed E-state index contributed by atoms with van der Waals surface area (Å²) < 4.78 is 0. The number of benzene rings is 1. The molecule has 1 heterocycles. The van der Waals surface area contributed by atoms with Crippen molar-refractivity contribution in [3.63, 3.8) is 0 Å². The van der Waals surface area contributed by atoms with Crippen molar-refractivity contribution < 1.29 is 0 Å². The highest BCUT2D eigenvalue weighted by atomic mass is 35.5. The van der Waals surface area contributed by atoms with Crippen molar-refractivity contribution in [2.75, 3.05) is 12.4 Å². The van der Waals surface area contributed by atoms with Crippen LogP contribution in [0.3, 0.4) is 0 Å². The van der Waals surface area contributed by atoms with E-state index in [0.717, 1.165) is 24.9 Å². The minimum atomic E-state index is 0.755. The van der Waals surface area contributed by atoms with Gasteiger partial charge in [-0.15, -0.1) is 11.6 Å². The van der Waals surface area contributed by atoms with Crippen molar-refractivity contribution in [2.24, 2.45) is 0 Å². The van der Waals surface area contributed by atoms with Crippen molar-refractivity contribution in [3.8, 4) is 0 Å². The number of nitrogens with zero attached hydrogens (tertiary/aromatic N) is 1. The molecule has 100 valence electrons. The van der Waals surface area contributed by atoms with E-state index in [1.54, 1.807) is 0 Å². The van der Waals surface area contributed by atoms with Gasteiger partial charge in [0.1, 0.15) is 0 Å². The van der Waals surface area contributed by atoms with Crippen LogP contribution in [0.25, 0.3) is 0 Å². The van der Waals surface area contributed by atoms with Crippen LogP contribution in [0.15, 0.2) is 18.2 Å². The Morgan fingerprint density at radius 3 is 2.83 bits per heavy atom. The van der Waals surface area contributed by atoms with E-state index in [9.17, 15) is 0 Å². The summed E-state index contributed by atoms with van der Waals surface area (Å²) in [6.45, 7) is 6.74. The molecule has 1 fully saturated rings. The van der Waals surface area contributed by atoms with Gasteiger partial charge in [-0.2, -0.15) is 0 Å². The van der Waals surface area contributed by atoms with E-state index in [1.807, 2.05) is 0 Å². The average molecular weight is 266 g/mol. The number of hydrogen-bond acceptors (Lipinski definition) is 1. The molecule has 1 saturated heterocycles. The summed E-state index contributed by atoms with van der Waals surface area (Å²) >= 11 is 5.81. The van der Waals surface area contributed by atoms with Gasteiger partial charge in [-0.3, -0.25) is 4.90 Å². The largest absolute Gasteiger partial charge is 0.296 e. The molecule has 18 heavy (non-hydrogen) atoms. The molecule has 2 heteroatoms. The third-order valence-electron chi connectivity index (χ3n) is 4.13. The zero-order chi connectivity index (χ0) is 13.0. The molecule has 1 aliphatic heterocycles. The van der Waals surface area contributed by atoms with E-state index in [-0.39, 0.29) is 0 Å². The average Bonchev–Trinajstić information content (AvgIpc) is 2.79. The van der Waals surface area contributed by atoms with E-state index >= 15 is 0 Å². The first-order valence-electron chi connectivity index (χ1n) is 7.07. The van der Waals surface area contributed by atoms with Crippen LogP contribution in [-0.4, -0.2) is 23.4 Å². The Labute approximate surface area is 116 Å². The molecule has 0 radical (unpaired) electrons. The van der Waals surface area contributed by atoms with Gasteiger partial charge in [-0.25, -0.2) is 0 Å². The molecule has 0 spiro atoms. The molecule has 1 aromatic rings. The first kappa shape index (κ1) is 13.9. The molecule has 1 aliphatic rings. The van der Waals surface area contributed by atoms with Crippen LogP contribution in [0.2, 0.25) is 0 Å². The summed E-state index contributed by atoms with van der Waals surface area (Å²) in [5.41, 5.74) is 4.25. The van der Waals surface area contributed by atoms with Crippen LogP contribution in [0, 0.1) is 13.8 Å². The third-order valence-corrected chi connectivity index (χ3v) is 4.39. The zero-order valence-corrected chi connectivity index (χ0v) is 12.3. The summed E-state index contributed by atoms with van der Waals surface area (Å²) in [5, 5.41) is 0. The van der Waals surface area contributed by atoms with Crippen LogP contribution in [0.4, 0.5) is 0 Å². The Morgan fingerprint density at radius 2 is 2.11 bits per heavy atom. The fourth-order valence-corrected chi connectivity index (χ4v) is 3.03. The normalized spacial score (nSPS) is 20.5. The van der Waals surface area contributed by atoms with E-state index in [2.05, 4.69) is 36.9 Å². The maximum Gasteiger partial charge on any atom is 0.0236 e.